The molecule has 0 unspecified atom stereocenters. The van der Waals surface area contributed by atoms with Crippen molar-refractivity contribution in [2.75, 3.05) is 5.32 Å². The number of nitrogens with zero attached hydrogens (tertiary/aromatic N) is 2. The minimum Gasteiger partial charge on any atom is -0.324 e. The molecule has 1 amide bonds. The van der Waals surface area contributed by atoms with Crippen LogP contribution in [0.15, 0.2) is 72.1 Å². The first-order valence-electron chi connectivity index (χ1n) is 8.48. The number of carbonyl (C=O) groups excluding carboxylic acids is 1. The fourth-order valence-corrected chi connectivity index (χ4v) is 3.79. The minimum atomic E-state index is -0.217. The number of fused-ring (bicyclic) bond motifs is 2. The molecule has 0 aliphatic heterocycles. The van der Waals surface area contributed by atoms with Gasteiger partial charge in [0.05, 0.1) is 32.7 Å². The van der Waals surface area contributed by atoms with Gasteiger partial charge in [-0.15, -0.1) is 11.3 Å². The summed E-state index contributed by atoms with van der Waals surface area (Å²) in [4.78, 5) is 26.3. The van der Waals surface area contributed by atoms with E-state index in [1.54, 1.807) is 11.3 Å². The van der Waals surface area contributed by atoms with Crippen LogP contribution in [0, 0.1) is 0 Å². The predicted octanol–water partition coefficient (Wildman–Crippen LogP) is 5.09. The second-order valence-electron chi connectivity index (χ2n) is 6.11. The second kappa shape index (κ2) is 6.34. The maximum absolute atomic E-state index is 13.0. The van der Waals surface area contributed by atoms with Gasteiger partial charge in [0.1, 0.15) is 0 Å². The molecule has 0 spiro atoms. The Morgan fingerprint density at radius 2 is 1.74 bits per heavy atom. The summed E-state index contributed by atoms with van der Waals surface area (Å²) in [5, 5.41) is 5.69. The number of aromatic amines is 1. The van der Waals surface area contributed by atoms with Crippen LogP contribution in [-0.2, 0) is 0 Å². The molecule has 0 fully saturated rings. The molecule has 130 valence electrons. The standard InChI is InChI=1S/C21H14N4OS/c26-20(25-21-23-16-8-3-4-9-17(16)24-21)14-12-18(19-10-5-11-27-19)22-15-7-2-1-6-13(14)15/h1-12H,(H2,23,24,25,26). The van der Waals surface area contributed by atoms with Crippen LogP contribution in [0.5, 0.6) is 0 Å². The number of carbonyl (C=O) groups is 1. The topological polar surface area (TPSA) is 70.7 Å². The summed E-state index contributed by atoms with van der Waals surface area (Å²) in [6.07, 6.45) is 0. The molecule has 2 N–H and O–H groups in total. The number of aromatic nitrogens is 3. The molecule has 3 aromatic heterocycles. The molecular formula is C21H14N4OS. The Morgan fingerprint density at radius 1 is 0.926 bits per heavy atom. The van der Waals surface area contributed by atoms with Crippen LogP contribution >= 0.6 is 11.3 Å². The van der Waals surface area contributed by atoms with Gasteiger partial charge in [-0.3, -0.25) is 10.1 Å². The highest BCUT2D eigenvalue weighted by Crippen LogP contribution is 2.28. The van der Waals surface area contributed by atoms with Crippen LogP contribution < -0.4 is 5.32 Å². The summed E-state index contributed by atoms with van der Waals surface area (Å²) in [5.41, 5.74) is 3.85. The lowest BCUT2D eigenvalue weighted by Gasteiger charge is -2.08. The van der Waals surface area contributed by atoms with Gasteiger partial charge in [-0.2, -0.15) is 0 Å². The van der Waals surface area contributed by atoms with Gasteiger partial charge in [0.2, 0.25) is 5.95 Å². The van der Waals surface area contributed by atoms with E-state index in [1.807, 2.05) is 72.1 Å². The van der Waals surface area contributed by atoms with E-state index < -0.39 is 0 Å². The number of benzene rings is 2. The summed E-state index contributed by atoms with van der Waals surface area (Å²) in [5.74, 6) is 0.213. The number of nitrogens with one attached hydrogen (secondary N) is 2. The maximum atomic E-state index is 13.0. The van der Waals surface area contributed by atoms with Gasteiger partial charge >= 0.3 is 0 Å². The fraction of sp³-hybridized carbons (Fsp3) is 0. The number of anilines is 1. The molecule has 0 radical (unpaired) electrons. The van der Waals surface area contributed by atoms with E-state index in [2.05, 4.69) is 15.3 Å². The van der Waals surface area contributed by atoms with Gasteiger partial charge < -0.3 is 4.98 Å². The van der Waals surface area contributed by atoms with Crippen molar-refractivity contribution in [2.24, 2.45) is 0 Å². The number of amides is 1. The van der Waals surface area contributed by atoms with Crippen LogP contribution in [0.3, 0.4) is 0 Å². The van der Waals surface area contributed by atoms with E-state index in [9.17, 15) is 4.79 Å². The highest BCUT2D eigenvalue weighted by molar-refractivity contribution is 7.13. The largest absolute Gasteiger partial charge is 0.324 e. The molecule has 5 aromatic rings. The third kappa shape index (κ3) is 2.86. The highest BCUT2D eigenvalue weighted by atomic mass is 32.1. The average Bonchev–Trinajstić information content (AvgIpc) is 3.36. The van der Waals surface area contributed by atoms with Crippen LogP contribution in [-0.4, -0.2) is 20.9 Å². The molecule has 2 aromatic carbocycles. The SMILES string of the molecule is O=C(Nc1nc2ccccc2[nH]1)c1cc(-c2cccs2)nc2ccccc12. The Bertz CT molecular complexity index is 1240. The normalized spacial score (nSPS) is 11.1. The van der Waals surface area contributed by atoms with Crippen molar-refractivity contribution in [1.29, 1.82) is 0 Å². The summed E-state index contributed by atoms with van der Waals surface area (Å²) in [7, 11) is 0. The van der Waals surface area contributed by atoms with E-state index in [0.29, 0.717) is 11.5 Å². The van der Waals surface area contributed by atoms with Gasteiger partial charge in [0.15, 0.2) is 0 Å². The van der Waals surface area contributed by atoms with E-state index in [0.717, 1.165) is 32.5 Å². The quantitative estimate of drug-likeness (QED) is 0.465. The van der Waals surface area contributed by atoms with E-state index in [-0.39, 0.29) is 5.91 Å². The fourth-order valence-electron chi connectivity index (χ4n) is 3.10. The second-order valence-corrected chi connectivity index (χ2v) is 7.05. The lowest BCUT2D eigenvalue weighted by molar-refractivity contribution is 0.102. The first-order chi connectivity index (χ1) is 13.3. The lowest BCUT2D eigenvalue weighted by Crippen LogP contribution is -2.14. The molecule has 6 heteroatoms. The van der Waals surface area contributed by atoms with Gasteiger partial charge in [-0.25, -0.2) is 9.97 Å². The van der Waals surface area contributed by atoms with Gasteiger partial charge in [-0.1, -0.05) is 36.4 Å². The van der Waals surface area contributed by atoms with Gasteiger partial charge in [0.25, 0.3) is 5.91 Å². The monoisotopic (exact) mass is 370 g/mol. The van der Waals surface area contributed by atoms with Crippen LogP contribution in [0.4, 0.5) is 5.95 Å². The highest BCUT2D eigenvalue weighted by Gasteiger charge is 2.16. The lowest BCUT2D eigenvalue weighted by atomic mass is 10.1. The average molecular weight is 370 g/mol. The van der Waals surface area contributed by atoms with Crippen molar-refractivity contribution >= 4 is 45.1 Å². The maximum Gasteiger partial charge on any atom is 0.258 e. The number of hydrogen-bond donors (Lipinski definition) is 2. The number of pyridine rings is 1. The first-order valence-corrected chi connectivity index (χ1v) is 9.36. The van der Waals surface area contributed by atoms with Crippen molar-refractivity contribution in [2.45, 2.75) is 0 Å². The number of rotatable bonds is 3. The molecule has 0 saturated carbocycles. The number of H-pyrrole nitrogens is 1. The van der Waals surface area contributed by atoms with Crippen molar-refractivity contribution in [3.05, 3.63) is 77.7 Å². The zero-order valence-corrected chi connectivity index (χ0v) is 15.0. The van der Waals surface area contributed by atoms with Crippen molar-refractivity contribution < 1.29 is 4.79 Å². The number of hydrogen-bond acceptors (Lipinski definition) is 4. The van der Waals surface area contributed by atoms with E-state index in [1.165, 1.54) is 0 Å². The first kappa shape index (κ1) is 15.7. The van der Waals surface area contributed by atoms with Gasteiger partial charge in [0, 0.05) is 5.39 Å². The zero-order chi connectivity index (χ0) is 18.2. The Balaban J connectivity index is 1.59. The third-order valence-corrected chi connectivity index (χ3v) is 5.25. The smallest absolute Gasteiger partial charge is 0.258 e. The Hall–Kier alpha value is -3.51. The van der Waals surface area contributed by atoms with Crippen LogP contribution in [0.25, 0.3) is 32.5 Å². The molecule has 0 bridgehead atoms. The number of imidazole rings is 1. The molecule has 0 aliphatic rings. The van der Waals surface area contributed by atoms with Crippen molar-refractivity contribution in [1.82, 2.24) is 15.0 Å². The number of thiophene rings is 1. The summed E-state index contributed by atoms with van der Waals surface area (Å²) < 4.78 is 0. The summed E-state index contributed by atoms with van der Waals surface area (Å²) in [6.45, 7) is 0. The Labute approximate surface area is 158 Å². The van der Waals surface area contributed by atoms with E-state index >= 15 is 0 Å². The van der Waals surface area contributed by atoms with Gasteiger partial charge in [-0.05, 0) is 35.7 Å². The van der Waals surface area contributed by atoms with Crippen molar-refractivity contribution in [3.63, 3.8) is 0 Å². The predicted molar refractivity (Wildman–Crippen MR) is 109 cm³/mol. The Morgan fingerprint density at radius 3 is 2.56 bits per heavy atom. The van der Waals surface area contributed by atoms with Crippen LogP contribution in [0.1, 0.15) is 10.4 Å². The molecule has 5 nitrogen and oxygen atoms in total. The third-order valence-electron chi connectivity index (χ3n) is 4.36. The molecule has 0 atom stereocenters. The molecule has 27 heavy (non-hydrogen) atoms. The molecule has 0 aliphatic carbocycles. The molecular weight excluding hydrogens is 356 g/mol. The molecule has 3 heterocycles. The number of para-hydroxylation sites is 3. The van der Waals surface area contributed by atoms with Crippen molar-refractivity contribution in [3.8, 4) is 10.6 Å². The summed E-state index contributed by atoms with van der Waals surface area (Å²) in [6, 6.07) is 21.2. The molecule has 0 saturated heterocycles. The summed E-state index contributed by atoms with van der Waals surface area (Å²) >= 11 is 1.60. The zero-order valence-electron chi connectivity index (χ0n) is 14.1. The Kier molecular flexibility index (Phi) is 3.69. The van der Waals surface area contributed by atoms with E-state index in [4.69, 9.17) is 4.98 Å². The molecule has 5 rings (SSSR count). The van der Waals surface area contributed by atoms with Crippen LogP contribution in [0.2, 0.25) is 0 Å². The minimum absolute atomic E-state index is 0.217.